The number of H-pyrrole nitrogens is 1. The first-order chi connectivity index (χ1) is 19.5. The number of anilines is 1. The van der Waals surface area contributed by atoms with Crippen LogP contribution in [0, 0.1) is 5.92 Å². The number of carboxylic acids is 1. The summed E-state index contributed by atoms with van der Waals surface area (Å²) >= 11 is 12.5. The third-order valence-corrected chi connectivity index (χ3v) is 8.57. The van der Waals surface area contributed by atoms with Crippen LogP contribution in [0.2, 0.25) is 10.0 Å². The van der Waals surface area contributed by atoms with Crippen molar-refractivity contribution in [1.29, 1.82) is 0 Å². The lowest BCUT2D eigenvalue weighted by atomic mass is 9.97. The van der Waals surface area contributed by atoms with Gasteiger partial charge in [0.1, 0.15) is 6.61 Å². The van der Waals surface area contributed by atoms with Gasteiger partial charge in [0.05, 0.1) is 4.90 Å². The minimum Gasteiger partial charge on any atom is -0.478 e. The van der Waals surface area contributed by atoms with E-state index in [1.54, 1.807) is 30.6 Å². The number of benzene rings is 2. The van der Waals surface area contributed by atoms with Crippen molar-refractivity contribution in [3.05, 3.63) is 64.9 Å². The zero-order valence-corrected chi connectivity index (χ0v) is 24.2. The number of carbonyl (C=O) groups excluding carboxylic acids is 1. The summed E-state index contributed by atoms with van der Waals surface area (Å²) in [4.78, 5) is 37.1. The number of unbranched alkanes of at least 4 members (excludes halogenated alkanes) is 1. The average Bonchev–Trinajstić information content (AvgIpc) is 3.61. The van der Waals surface area contributed by atoms with Gasteiger partial charge in [0, 0.05) is 40.5 Å². The summed E-state index contributed by atoms with van der Waals surface area (Å²) in [5.41, 5.74) is -1.30. The quantitative estimate of drug-likeness (QED) is 0.141. The molecule has 2 atom stereocenters. The molecule has 0 saturated carbocycles. The molecule has 0 fully saturated rings. The number of hydrogen-bond acceptors (Lipinski definition) is 8. The smallest absolute Gasteiger partial charge is 0.345 e. The van der Waals surface area contributed by atoms with Gasteiger partial charge in [-0.25, -0.2) is 18.2 Å². The van der Waals surface area contributed by atoms with Gasteiger partial charge in [-0.2, -0.15) is 4.72 Å². The molecular formula is C26H28Cl2N6O6S. The van der Waals surface area contributed by atoms with Crippen LogP contribution in [0.3, 0.4) is 0 Å². The molecule has 0 radical (unpaired) electrons. The van der Waals surface area contributed by atoms with E-state index in [9.17, 15) is 23.1 Å². The van der Waals surface area contributed by atoms with Crippen LogP contribution in [0.25, 0.3) is 11.1 Å². The highest BCUT2D eigenvalue weighted by Gasteiger charge is 2.42. The maximum atomic E-state index is 13.1. The second kappa shape index (κ2) is 12.9. The van der Waals surface area contributed by atoms with E-state index in [0.29, 0.717) is 40.1 Å². The Morgan fingerprint density at radius 3 is 2.49 bits per heavy atom. The number of aromatic amines is 1. The molecule has 2 heterocycles. The molecule has 4 rings (SSSR count). The second-order valence-electron chi connectivity index (χ2n) is 9.44. The lowest BCUT2D eigenvalue weighted by molar-refractivity contribution is -0.146. The molecule has 1 amide bonds. The van der Waals surface area contributed by atoms with Crippen molar-refractivity contribution >= 4 is 56.8 Å². The predicted molar refractivity (Wildman–Crippen MR) is 154 cm³/mol. The number of aliphatic carboxylic acids is 1. The molecule has 218 valence electrons. The van der Waals surface area contributed by atoms with E-state index >= 15 is 0 Å². The molecule has 3 aromatic rings. The molecule has 12 nitrogen and oxygen atoms in total. The first-order valence-corrected chi connectivity index (χ1v) is 14.8. The molecule has 0 spiro atoms. The summed E-state index contributed by atoms with van der Waals surface area (Å²) in [6, 6.07) is 10.6. The molecule has 1 aromatic heterocycles. The summed E-state index contributed by atoms with van der Waals surface area (Å²) in [5.74, 6) is -2.18. The number of imidazole rings is 1. The summed E-state index contributed by atoms with van der Waals surface area (Å²) < 4.78 is 28.4. The van der Waals surface area contributed by atoms with Gasteiger partial charge in [-0.1, -0.05) is 53.0 Å². The Balaban J connectivity index is 1.39. The summed E-state index contributed by atoms with van der Waals surface area (Å²) in [6.45, 7) is 1.85. The number of halogens is 2. The predicted octanol–water partition coefficient (Wildman–Crippen LogP) is 3.86. The molecule has 2 aromatic carbocycles. The Hall–Kier alpha value is -3.65. The van der Waals surface area contributed by atoms with Crippen molar-refractivity contribution < 1.29 is 28.0 Å². The van der Waals surface area contributed by atoms with Gasteiger partial charge in [0.15, 0.2) is 11.7 Å². The Bertz CT molecular complexity index is 1510. The molecule has 0 aliphatic carbocycles. The van der Waals surface area contributed by atoms with Gasteiger partial charge in [-0.05, 0) is 49.6 Å². The van der Waals surface area contributed by atoms with E-state index in [4.69, 9.17) is 28.0 Å². The number of rotatable bonds is 13. The normalized spacial score (nSPS) is 16.4. The van der Waals surface area contributed by atoms with E-state index < -0.39 is 27.6 Å². The third-order valence-electron chi connectivity index (χ3n) is 6.37. The lowest BCUT2D eigenvalue weighted by Gasteiger charge is -2.27. The van der Waals surface area contributed by atoms with Crippen LogP contribution in [0.15, 0.2) is 64.9 Å². The molecule has 0 bridgehead atoms. The lowest BCUT2D eigenvalue weighted by Crippen LogP contribution is -2.64. The maximum absolute atomic E-state index is 13.1. The molecular weight excluding hydrogens is 595 g/mol. The first kappa shape index (κ1) is 30.3. The fourth-order valence-electron chi connectivity index (χ4n) is 4.20. The van der Waals surface area contributed by atoms with Gasteiger partial charge < -0.3 is 25.6 Å². The van der Waals surface area contributed by atoms with E-state index in [1.165, 1.54) is 24.3 Å². The maximum Gasteiger partial charge on any atom is 0.345 e. The van der Waals surface area contributed by atoms with Crippen LogP contribution in [-0.2, 0) is 24.4 Å². The zero-order valence-electron chi connectivity index (χ0n) is 21.9. The van der Waals surface area contributed by atoms with Crippen LogP contribution in [0.4, 0.5) is 5.95 Å². The van der Waals surface area contributed by atoms with Crippen molar-refractivity contribution in [2.45, 2.75) is 36.7 Å². The third kappa shape index (κ3) is 7.36. The van der Waals surface area contributed by atoms with Crippen molar-refractivity contribution in [1.82, 2.24) is 20.0 Å². The molecule has 1 aliphatic rings. The topological polar surface area (TPSA) is 175 Å². The number of hydrogen-bond donors (Lipinski definition) is 5. The number of aromatic nitrogens is 2. The molecule has 15 heteroatoms. The second-order valence-corrected chi connectivity index (χ2v) is 11.9. The van der Waals surface area contributed by atoms with E-state index in [2.05, 4.69) is 30.5 Å². The van der Waals surface area contributed by atoms with Crippen LogP contribution in [0.1, 0.15) is 26.2 Å². The van der Waals surface area contributed by atoms with Gasteiger partial charge in [-0.3, -0.25) is 4.79 Å². The highest BCUT2D eigenvalue weighted by molar-refractivity contribution is 7.89. The van der Waals surface area contributed by atoms with Crippen LogP contribution in [0.5, 0.6) is 0 Å². The number of nitrogens with one attached hydrogen (secondary N) is 4. The molecule has 1 aliphatic heterocycles. The molecule has 41 heavy (non-hydrogen) atoms. The van der Waals surface area contributed by atoms with Crippen LogP contribution >= 0.6 is 23.2 Å². The highest BCUT2D eigenvalue weighted by atomic mass is 35.5. The van der Waals surface area contributed by atoms with E-state index in [0.717, 1.165) is 19.8 Å². The minimum absolute atomic E-state index is 0.00311. The zero-order chi connectivity index (χ0) is 29.6. The van der Waals surface area contributed by atoms with E-state index in [-0.39, 0.29) is 23.1 Å². The number of oxime groups is 1. The Labute approximate surface area is 246 Å². The van der Waals surface area contributed by atoms with Crippen molar-refractivity contribution in [3.8, 4) is 11.1 Å². The highest BCUT2D eigenvalue weighted by Crippen LogP contribution is 2.35. The minimum atomic E-state index is -4.40. The summed E-state index contributed by atoms with van der Waals surface area (Å²) in [6.07, 6.45) is 5.41. The Kier molecular flexibility index (Phi) is 9.53. The number of nitrogens with zero attached hydrogens (tertiary/aromatic N) is 2. The van der Waals surface area contributed by atoms with Crippen LogP contribution in [-0.4, -0.2) is 59.9 Å². The average molecular weight is 624 g/mol. The van der Waals surface area contributed by atoms with Gasteiger partial charge in [-0.15, -0.1) is 0 Å². The van der Waals surface area contributed by atoms with Gasteiger partial charge >= 0.3 is 5.97 Å². The van der Waals surface area contributed by atoms with E-state index in [1.807, 2.05) is 0 Å². The molecule has 2 unspecified atom stereocenters. The number of carboxylic acid groups (broad SMARTS) is 1. The Morgan fingerprint density at radius 2 is 1.85 bits per heavy atom. The van der Waals surface area contributed by atoms with Gasteiger partial charge in [0.2, 0.25) is 15.7 Å². The molecule has 5 N–H and O–H groups in total. The number of sulfonamides is 1. The van der Waals surface area contributed by atoms with Crippen molar-refractivity contribution in [2.24, 2.45) is 11.1 Å². The van der Waals surface area contributed by atoms with Crippen molar-refractivity contribution in [2.75, 3.05) is 18.5 Å². The SMILES string of the molecule is CC(NC(=O)C1=NOCC1CCCCNc1ncc[nH]1)(NS(=O)(=O)c1ccc(-c2c(Cl)cccc2Cl)cc1)C(=O)O. The fourth-order valence-corrected chi connectivity index (χ4v) is 6.10. The van der Waals surface area contributed by atoms with Crippen molar-refractivity contribution in [3.63, 3.8) is 0 Å². The Morgan fingerprint density at radius 1 is 1.15 bits per heavy atom. The monoisotopic (exact) mass is 622 g/mol. The molecule has 0 saturated heterocycles. The summed E-state index contributed by atoms with van der Waals surface area (Å²) in [7, 11) is -4.40. The summed E-state index contributed by atoms with van der Waals surface area (Å²) in [5, 5.41) is 19.8. The fraction of sp³-hybridized carbons (Fsp3) is 0.308. The standard InChI is InChI=1S/C26H28Cl2N6O6S/c1-26(24(36)37,32-23(35)22-17(15-40-33-22)5-2-3-12-29-25-30-13-14-31-25)34-41(38,39)18-10-8-16(9-11-18)21-19(27)6-4-7-20(21)28/h4,6-11,13-14,17,34H,2-3,5,12,15H2,1H3,(H,32,35)(H,36,37)(H2,29,30,31). The number of carbonyl (C=O) groups is 2. The van der Waals surface area contributed by atoms with Crippen LogP contribution < -0.4 is 15.4 Å². The first-order valence-electron chi connectivity index (χ1n) is 12.6. The largest absolute Gasteiger partial charge is 0.478 e. The number of amides is 1. The van der Waals surface area contributed by atoms with Gasteiger partial charge in [0.25, 0.3) is 5.91 Å².